The predicted octanol–water partition coefficient (Wildman–Crippen LogP) is 3.01. The van der Waals surface area contributed by atoms with E-state index in [-0.39, 0.29) is 5.91 Å². The van der Waals surface area contributed by atoms with Crippen LogP contribution >= 0.6 is 0 Å². The van der Waals surface area contributed by atoms with Gasteiger partial charge in [-0.05, 0) is 30.3 Å². The van der Waals surface area contributed by atoms with Gasteiger partial charge in [-0.25, -0.2) is 0 Å². The monoisotopic (exact) mass is 265 g/mol. The summed E-state index contributed by atoms with van der Waals surface area (Å²) < 4.78 is 1.99. The number of nitrogens with two attached hydrogens (primary N) is 1. The van der Waals surface area contributed by atoms with Gasteiger partial charge in [-0.1, -0.05) is 18.2 Å². The van der Waals surface area contributed by atoms with Crippen LogP contribution in [0.25, 0.3) is 10.9 Å². The summed E-state index contributed by atoms with van der Waals surface area (Å²) in [6.07, 6.45) is 1.92. The fraction of sp³-hybridized carbons (Fsp3) is 0.0625. The first-order valence-corrected chi connectivity index (χ1v) is 6.36. The van der Waals surface area contributed by atoms with E-state index in [0.717, 1.165) is 16.6 Å². The van der Waals surface area contributed by atoms with Gasteiger partial charge in [-0.2, -0.15) is 0 Å². The Morgan fingerprint density at radius 2 is 1.80 bits per heavy atom. The second kappa shape index (κ2) is 4.74. The van der Waals surface area contributed by atoms with E-state index in [9.17, 15) is 4.79 Å². The number of carbonyl (C=O) groups is 1. The number of carbonyl (C=O) groups excluding carboxylic acids is 1. The topological polar surface area (TPSA) is 60.0 Å². The molecule has 0 fully saturated rings. The molecule has 3 rings (SSSR count). The summed E-state index contributed by atoms with van der Waals surface area (Å²) in [7, 11) is 1.96. The van der Waals surface area contributed by atoms with E-state index in [4.69, 9.17) is 5.73 Å². The number of nitrogens with zero attached hydrogens (tertiary/aromatic N) is 1. The number of benzene rings is 2. The first kappa shape index (κ1) is 12.3. The Morgan fingerprint density at radius 1 is 1.10 bits per heavy atom. The highest BCUT2D eigenvalue weighted by Crippen LogP contribution is 2.25. The molecule has 1 aromatic heterocycles. The molecule has 0 aliphatic heterocycles. The highest BCUT2D eigenvalue weighted by Gasteiger charge is 2.10. The van der Waals surface area contributed by atoms with E-state index < -0.39 is 0 Å². The first-order valence-electron chi connectivity index (χ1n) is 6.36. The number of nitrogens with one attached hydrogen (secondary N) is 1. The van der Waals surface area contributed by atoms with Crippen LogP contribution in [-0.4, -0.2) is 10.5 Å². The lowest BCUT2D eigenvalue weighted by molar-refractivity contribution is 0.102. The minimum Gasteiger partial charge on any atom is -0.399 e. The minimum atomic E-state index is -0.138. The molecule has 0 aliphatic carbocycles. The van der Waals surface area contributed by atoms with Crippen molar-refractivity contribution < 1.29 is 4.79 Å². The van der Waals surface area contributed by atoms with Crippen molar-refractivity contribution in [2.24, 2.45) is 7.05 Å². The van der Waals surface area contributed by atoms with Gasteiger partial charge < -0.3 is 15.6 Å². The Kier molecular flexibility index (Phi) is 2.91. The molecule has 0 saturated carbocycles. The van der Waals surface area contributed by atoms with Crippen LogP contribution in [0, 0.1) is 0 Å². The average molecular weight is 265 g/mol. The summed E-state index contributed by atoms with van der Waals surface area (Å²) >= 11 is 0. The Morgan fingerprint density at radius 3 is 2.55 bits per heavy atom. The van der Waals surface area contributed by atoms with Gasteiger partial charge >= 0.3 is 0 Å². The second-order valence-electron chi connectivity index (χ2n) is 4.75. The van der Waals surface area contributed by atoms with E-state index in [1.807, 2.05) is 42.1 Å². The molecule has 1 amide bonds. The van der Waals surface area contributed by atoms with Crippen LogP contribution in [-0.2, 0) is 7.05 Å². The molecule has 0 saturated heterocycles. The van der Waals surface area contributed by atoms with Crippen LogP contribution in [0.3, 0.4) is 0 Å². The number of para-hydroxylation sites is 1. The number of fused-ring (bicyclic) bond motifs is 1. The van der Waals surface area contributed by atoms with Crippen molar-refractivity contribution in [1.29, 1.82) is 0 Å². The third-order valence-electron chi connectivity index (χ3n) is 3.32. The number of hydrogen-bond acceptors (Lipinski definition) is 2. The Labute approximate surface area is 116 Å². The van der Waals surface area contributed by atoms with Gasteiger partial charge in [0.05, 0.1) is 5.69 Å². The standard InChI is InChI=1S/C16H15N3O/c1-19-10-14(13-4-2-3-5-15(13)19)18-16(20)11-6-8-12(17)9-7-11/h2-10H,17H2,1H3,(H,18,20). The van der Waals surface area contributed by atoms with Gasteiger partial charge in [-0.15, -0.1) is 0 Å². The summed E-state index contributed by atoms with van der Waals surface area (Å²) in [5, 5.41) is 3.97. The molecule has 0 spiro atoms. The van der Waals surface area contributed by atoms with Gasteiger partial charge in [0.25, 0.3) is 5.91 Å². The molecule has 100 valence electrons. The molecule has 2 aromatic carbocycles. The maximum Gasteiger partial charge on any atom is 0.255 e. The molecule has 4 heteroatoms. The predicted molar refractivity (Wildman–Crippen MR) is 81.7 cm³/mol. The molecule has 3 aromatic rings. The molecule has 0 aliphatic rings. The summed E-state index contributed by atoms with van der Waals surface area (Å²) in [5.74, 6) is -0.138. The lowest BCUT2D eigenvalue weighted by Gasteiger charge is -2.04. The lowest BCUT2D eigenvalue weighted by atomic mass is 10.2. The van der Waals surface area contributed by atoms with Crippen molar-refractivity contribution >= 4 is 28.2 Å². The molecule has 1 heterocycles. The third-order valence-corrected chi connectivity index (χ3v) is 3.32. The number of hydrogen-bond donors (Lipinski definition) is 2. The zero-order chi connectivity index (χ0) is 14.1. The van der Waals surface area contributed by atoms with Crippen LogP contribution in [0.15, 0.2) is 54.7 Å². The Balaban J connectivity index is 1.93. The quantitative estimate of drug-likeness (QED) is 0.700. The van der Waals surface area contributed by atoms with Crippen molar-refractivity contribution in [3.63, 3.8) is 0 Å². The largest absolute Gasteiger partial charge is 0.399 e. The van der Waals surface area contributed by atoms with E-state index >= 15 is 0 Å². The highest BCUT2D eigenvalue weighted by atomic mass is 16.1. The van der Waals surface area contributed by atoms with Gasteiger partial charge in [0.2, 0.25) is 0 Å². The number of aryl methyl sites for hydroxylation is 1. The highest BCUT2D eigenvalue weighted by molar-refractivity contribution is 6.09. The normalized spacial score (nSPS) is 10.7. The van der Waals surface area contributed by atoms with Crippen LogP contribution in [0.5, 0.6) is 0 Å². The van der Waals surface area contributed by atoms with Crippen molar-refractivity contribution in [2.45, 2.75) is 0 Å². The molecule has 20 heavy (non-hydrogen) atoms. The zero-order valence-corrected chi connectivity index (χ0v) is 11.1. The summed E-state index contributed by atoms with van der Waals surface area (Å²) in [6, 6.07) is 14.8. The van der Waals surface area contributed by atoms with Crippen LogP contribution in [0.4, 0.5) is 11.4 Å². The summed E-state index contributed by atoms with van der Waals surface area (Å²) in [6.45, 7) is 0. The molecule has 0 atom stereocenters. The van der Waals surface area contributed by atoms with Crippen LogP contribution in [0.2, 0.25) is 0 Å². The first-order chi connectivity index (χ1) is 9.65. The van der Waals surface area contributed by atoms with Gasteiger partial charge in [0.1, 0.15) is 0 Å². The molecule has 4 nitrogen and oxygen atoms in total. The van der Waals surface area contributed by atoms with Crippen molar-refractivity contribution in [3.05, 3.63) is 60.3 Å². The van der Waals surface area contributed by atoms with Crippen molar-refractivity contribution in [2.75, 3.05) is 11.1 Å². The van der Waals surface area contributed by atoms with Crippen LogP contribution in [0.1, 0.15) is 10.4 Å². The van der Waals surface area contributed by atoms with E-state index in [2.05, 4.69) is 5.32 Å². The number of nitrogen functional groups attached to an aromatic ring is 1. The summed E-state index contributed by atoms with van der Waals surface area (Å²) in [4.78, 5) is 12.2. The van der Waals surface area contributed by atoms with E-state index in [0.29, 0.717) is 11.3 Å². The molecule has 0 bridgehead atoms. The number of anilines is 2. The maximum absolute atomic E-state index is 12.2. The lowest BCUT2D eigenvalue weighted by Crippen LogP contribution is -2.11. The van der Waals surface area contributed by atoms with Gasteiger partial charge in [-0.3, -0.25) is 4.79 Å². The maximum atomic E-state index is 12.2. The molecular formula is C16H15N3O. The molecule has 3 N–H and O–H groups in total. The van der Waals surface area contributed by atoms with Crippen LogP contribution < -0.4 is 11.1 Å². The van der Waals surface area contributed by atoms with E-state index in [1.165, 1.54) is 0 Å². The Hall–Kier alpha value is -2.75. The van der Waals surface area contributed by atoms with Crippen molar-refractivity contribution in [3.8, 4) is 0 Å². The molecular weight excluding hydrogens is 250 g/mol. The molecule has 0 radical (unpaired) electrons. The fourth-order valence-electron chi connectivity index (χ4n) is 2.27. The van der Waals surface area contributed by atoms with E-state index in [1.54, 1.807) is 24.3 Å². The number of amides is 1. The van der Waals surface area contributed by atoms with Crippen molar-refractivity contribution in [1.82, 2.24) is 4.57 Å². The zero-order valence-electron chi connectivity index (χ0n) is 11.1. The fourth-order valence-corrected chi connectivity index (χ4v) is 2.27. The minimum absolute atomic E-state index is 0.138. The Bertz CT molecular complexity index is 772. The number of aromatic nitrogens is 1. The summed E-state index contributed by atoms with van der Waals surface area (Å²) in [5.41, 5.74) is 8.75. The van der Waals surface area contributed by atoms with Gasteiger partial charge in [0.15, 0.2) is 0 Å². The average Bonchev–Trinajstić information content (AvgIpc) is 2.77. The third kappa shape index (κ3) is 2.12. The van der Waals surface area contributed by atoms with Gasteiger partial charge in [0, 0.05) is 35.4 Å². The number of rotatable bonds is 2. The second-order valence-corrected chi connectivity index (χ2v) is 4.75. The SMILES string of the molecule is Cn1cc(NC(=O)c2ccc(N)cc2)c2ccccc21. The smallest absolute Gasteiger partial charge is 0.255 e. The molecule has 0 unspecified atom stereocenters.